The summed E-state index contributed by atoms with van der Waals surface area (Å²) in [6.07, 6.45) is 1.25. The van der Waals surface area contributed by atoms with Crippen LogP contribution in [0.1, 0.15) is 25.8 Å². The standard InChI is InChI=1S/C12H17N/c1-10-8-12(2,9-13-10)11-6-4-3-5-7-11/h3-7,10,13H,8-9H2,1-2H3/t10-,12+/m0/s1. The lowest BCUT2D eigenvalue weighted by Gasteiger charge is -2.23. The fourth-order valence-corrected chi connectivity index (χ4v) is 2.28. The maximum Gasteiger partial charge on any atom is 0.00642 e. The minimum Gasteiger partial charge on any atom is -0.313 e. The summed E-state index contributed by atoms with van der Waals surface area (Å²) in [7, 11) is 0. The molecule has 1 aromatic carbocycles. The van der Waals surface area contributed by atoms with Crippen LogP contribution < -0.4 is 5.32 Å². The van der Waals surface area contributed by atoms with Crippen LogP contribution in [-0.4, -0.2) is 12.6 Å². The normalized spacial score (nSPS) is 33.5. The van der Waals surface area contributed by atoms with E-state index in [9.17, 15) is 0 Å². The minimum atomic E-state index is 0.348. The molecule has 1 aromatic rings. The average Bonchev–Trinajstić information content (AvgIpc) is 2.49. The third-order valence-electron chi connectivity index (χ3n) is 3.07. The van der Waals surface area contributed by atoms with Crippen molar-refractivity contribution < 1.29 is 0 Å². The van der Waals surface area contributed by atoms with Crippen LogP contribution in [0.15, 0.2) is 30.3 Å². The molecule has 0 saturated carbocycles. The van der Waals surface area contributed by atoms with E-state index in [1.165, 1.54) is 12.0 Å². The highest BCUT2D eigenvalue weighted by molar-refractivity contribution is 5.26. The van der Waals surface area contributed by atoms with E-state index in [2.05, 4.69) is 49.5 Å². The fourth-order valence-electron chi connectivity index (χ4n) is 2.28. The average molecular weight is 175 g/mol. The Morgan fingerprint density at radius 1 is 1.31 bits per heavy atom. The lowest BCUT2D eigenvalue weighted by atomic mass is 9.81. The zero-order chi connectivity index (χ0) is 9.31. The van der Waals surface area contributed by atoms with Gasteiger partial charge in [0.15, 0.2) is 0 Å². The third kappa shape index (κ3) is 1.61. The maximum atomic E-state index is 3.51. The van der Waals surface area contributed by atoms with Crippen LogP contribution >= 0.6 is 0 Å². The molecule has 0 spiro atoms. The second-order valence-corrected chi connectivity index (χ2v) is 4.41. The van der Waals surface area contributed by atoms with Gasteiger partial charge in [-0.05, 0) is 18.9 Å². The SMILES string of the molecule is C[C@H]1C[C@@](C)(c2ccccc2)CN1. The quantitative estimate of drug-likeness (QED) is 0.690. The predicted molar refractivity (Wildman–Crippen MR) is 55.9 cm³/mol. The molecule has 1 aliphatic heterocycles. The van der Waals surface area contributed by atoms with E-state index in [0.29, 0.717) is 11.5 Å². The first kappa shape index (κ1) is 8.76. The van der Waals surface area contributed by atoms with Gasteiger partial charge in [-0.1, -0.05) is 37.3 Å². The van der Waals surface area contributed by atoms with Crippen LogP contribution in [0.3, 0.4) is 0 Å². The van der Waals surface area contributed by atoms with Crippen molar-refractivity contribution in [2.75, 3.05) is 6.54 Å². The first-order chi connectivity index (χ1) is 6.21. The summed E-state index contributed by atoms with van der Waals surface area (Å²) in [6, 6.07) is 11.5. The number of nitrogens with one attached hydrogen (secondary N) is 1. The van der Waals surface area contributed by atoms with Crippen LogP contribution in [0.2, 0.25) is 0 Å². The van der Waals surface area contributed by atoms with E-state index in [4.69, 9.17) is 0 Å². The van der Waals surface area contributed by atoms with E-state index in [1.54, 1.807) is 0 Å². The molecule has 13 heavy (non-hydrogen) atoms. The summed E-state index contributed by atoms with van der Waals surface area (Å²) in [5, 5.41) is 3.51. The minimum absolute atomic E-state index is 0.348. The Bertz CT molecular complexity index is 280. The lowest BCUT2D eigenvalue weighted by Crippen LogP contribution is -2.24. The molecule has 0 aliphatic carbocycles. The van der Waals surface area contributed by atoms with Gasteiger partial charge in [0.05, 0.1) is 0 Å². The van der Waals surface area contributed by atoms with Crippen molar-refractivity contribution in [1.29, 1.82) is 0 Å². The van der Waals surface area contributed by atoms with Crippen molar-refractivity contribution in [3.63, 3.8) is 0 Å². The Kier molecular flexibility index (Phi) is 2.12. The first-order valence-electron chi connectivity index (χ1n) is 5.00. The highest BCUT2D eigenvalue weighted by Crippen LogP contribution is 2.32. The van der Waals surface area contributed by atoms with Gasteiger partial charge in [0.2, 0.25) is 0 Å². The summed E-state index contributed by atoms with van der Waals surface area (Å²) in [5.41, 5.74) is 1.81. The molecular formula is C12H17N. The summed E-state index contributed by atoms with van der Waals surface area (Å²) in [4.78, 5) is 0. The van der Waals surface area contributed by atoms with Crippen molar-refractivity contribution in [2.24, 2.45) is 0 Å². The van der Waals surface area contributed by atoms with Gasteiger partial charge >= 0.3 is 0 Å². The zero-order valence-electron chi connectivity index (χ0n) is 8.38. The third-order valence-corrected chi connectivity index (χ3v) is 3.07. The molecule has 0 amide bonds. The van der Waals surface area contributed by atoms with Gasteiger partial charge < -0.3 is 5.32 Å². The summed E-state index contributed by atoms with van der Waals surface area (Å²) in [6.45, 7) is 5.71. The smallest absolute Gasteiger partial charge is 0.00642 e. The molecular weight excluding hydrogens is 158 g/mol. The van der Waals surface area contributed by atoms with Gasteiger partial charge in [-0.25, -0.2) is 0 Å². The van der Waals surface area contributed by atoms with Gasteiger partial charge in [0.25, 0.3) is 0 Å². The molecule has 1 N–H and O–H groups in total. The molecule has 1 fully saturated rings. The molecule has 1 heterocycles. The number of hydrogen-bond donors (Lipinski definition) is 1. The van der Waals surface area contributed by atoms with Gasteiger partial charge in [-0.3, -0.25) is 0 Å². The Morgan fingerprint density at radius 2 is 2.00 bits per heavy atom. The highest BCUT2D eigenvalue weighted by Gasteiger charge is 2.33. The van der Waals surface area contributed by atoms with Crippen molar-refractivity contribution in [1.82, 2.24) is 5.32 Å². The Labute approximate surface area is 80.2 Å². The Balaban J connectivity index is 2.26. The summed E-state index contributed by atoms with van der Waals surface area (Å²) >= 11 is 0. The topological polar surface area (TPSA) is 12.0 Å². The molecule has 0 unspecified atom stereocenters. The van der Waals surface area contributed by atoms with Crippen LogP contribution in [0.4, 0.5) is 0 Å². The lowest BCUT2D eigenvalue weighted by molar-refractivity contribution is 0.513. The second kappa shape index (κ2) is 3.15. The Morgan fingerprint density at radius 3 is 2.54 bits per heavy atom. The van der Waals surface area contributed by atoms with Crippen molar-refractivity contribution in [3.8, 4) is 0 Å². The van der Waals surface area contributed by atoms with Crippen LogP contribution in [0.25, 0.3) is 0 Å². The van der Waals surface area contributed by atoms with Crippen molar-refractivity contribution in [2.45, 2.75) is 31.7 Å². The van der Waals surface area contributed by atoms with E-state index in [0.717, 1.165) is 6.54 Å². The first-order valence-corrected chi connectivity index (χ1v) is 5.00. The molecule has 0 aromatic heterocycles. The fraction of sp³-hybridized carbons (Fsp3) is 0.500. The van der Waals surface area contributed by atoms with E-state index < -0.39 is 0 Å². The molecule has 2 rings (SSSR count). The van der Waals surface area contributed by atoms with Gasteiger partial charge in [0, 0.05) is 18.0 Å². The molecule has 70 valence electrons. The number of benzene rings is 1. The van der Waals surface area contributed by atoms with Gasteiger partial charge in [0.1, 0.15) is 0 Å². The summed E-state index contributed by atoms with van der Waals surface area (Å²) < 4.78 is 0. The van der Waals surface area contributed by atoms with Crippen LogP contribution in [0.5, 0.6) is 0 Å². The van der Waals surface area contributed by atoms with Crippen molar-refractivity contribution >= 4 is 0 Å². The van der Waals surface area contributed by atoms with E-state index in [1.807, 2.05) is 0 Å². The molecule has 0 bridgehead atoms. The van der Waals surface area contributed by atoms with Gasteiger partial charge in [-0.2, -0.15) is 0 Å². The van der Waals surface area contributed by atoms with E-state index >= 15 is 0 Å². The molecule has 1 saturated heterocycles. The molecule has 2 atom stereocenters. The predicted octanol–water partition coefficient (Wildman–Crippen LogP) is 2.33. The molecule has 1 heteroatoms. The van der Waals surface area contributed by atoms with E-state index in [-0.39, 0.29) is 0 Å². The summed E-state index contributed by atoms with van der Waals surface area (Å²) in [5.74, 6) is 0. The highest BCUT2D eigenvalue weighted by atomic mass is 15.0. The monoisotopic (exact) mass is 175 g/mol. The van der Waals surface area contributed by atoms with Crippen LogP contribution in [-0.2, 0) is 5.41 Å². The van der Waals surface area contributed by atoms with Crippen molar-refractivity contribution in [3.05, 3.63) is 35.9 Å². The van der Waals surface area contributed by atoms with Crippen LogP contribution in [0, 0.1) is 0 Å². The molecule has 1 aliphatic rings. The maximum absolute atomic E-state index is 3.51. The Hall–Kier alpha value is -0.820. The largest absolute Gasteiger partial charge is 0.313 e. The van der Waals surface area contributed by atoms with Gasteiger partial charge in [-0.15, -0.1) is 0 Å². The zero-order valence-corrected chi connectivity index (χ0v) is 8.38. The second-order valence-electron chi connectivity index (χ2n) is 4.41. The number of hydrogen-bond acceptors (Lipinski definition) is 1. The molecule has 0 radical (unpaired) electrons. The molecule has 1 nitrogen and oxygen atoms in total. The number of rotatable bonds is 1.